The molecule has 2 heterocycles. The van der Waals surface area contributed by atoms with Gasteiger partial charge in [-0.2, -0.15) is 5.10 Å². The molecule has 4 nitrogen and oxygen atoms in total. The van der Waals surface area contributed by atoms with Crippen molar-refractivity contribution in [2.24, 2.45) is 0 Å². The van der Waals surface area contributed by atoms with Gasteiger partial charge in [-0.1, -0.05) is 17.8 Å². The summed E-state index contributed by atoms with van der Waals surface area (Å²) in [6.07, 6.45) is 3.58. The van der Waals surface area contributed by atoms with E-state index in [0.29, 0.717) is 0 Å². The van der Waals surface area contributed by atoms with Gasteiger partial charge in [-0.25, -0.2) is 9.50 Å². The molecule has 0 aliphatic carbocycles. The van der Waals surface area contributed by atoms with Crippen LogP contribution in [-0.4, -0.2) is 19.7 Å². The minimum absolute atomic E-state index is 0.264. The maximum atomic E-state index is 9.38. The number of aromatic nitrogens is 3. The Balaban J connectivity index is 1.94. The minimum atomic E-state index is 0.264. The quantitative estimate of drug-likeness (QED) is 0.703. The second-order valence-electron chi connectivity index (χ2n) is 3.50. The molecule has 0 bridgehead atoms. The largest absolute Gasteiger partial charge is 0.508 e. The van der Waals surface area contributed by atoms with E-state index in [2.05, 4.69) is 10.1 Å². The molecule has 0 fully saturated rings. The highest BCUT2D eigenvalue weighted by Gasteiger charge is 2.02. The molecular weight excluding hydrogens is 234 g/mol. The fourth-order valence-corrected chi connectivity index (χ4v) is 2.36. The summed E-state index contributed by atoms with van der Waals surface area (Å²) in [7, 11) is 0. The fourth-order valence-electron chi connectivity index (χ4n) is 1.52. The minimum Gasteiger partial charge on any atom is -0.508 e. The molecule has 0 saturated carbocycles. The first-order chi connectivity index (χ1) is 8.31. The first kappa shape index (κ1) is 10.2. The van der Waals surface area contributed by atoms with E-state index < -0.39 is 0 Å². The van der Waals surface area contributed by atoms with Crippen molar-refractivity contribution in [2.75, 3.05) is 0 Å². The van der Waals surface area contributed by atoms with Gasteiger partial charge in [-0.3, -0.25) is 0 Å². The molecule has 0 aliphatic rings. The van der Waals surface area contributed by atoms with E-state index >= 15 is 0 Å². The van der Waals surface area contributed by atoms with E-state index in [9.17, 15) is 5.11 Å². The van der Waals surface area contributed by atoms with Crippen LogP contribution in [0, 0.1) is 0 Å². The van der Waals surface area contributed by atoms with Crippen molar-refractivity contribution in [2.45, 2.75) is 9.92 Å². The Hall–Kier alpha value is -2.01. The average molecular weight is 243 g/mol. The van der Waals surface area contributed by atoms with Crippen LogP contribution in [0.15, 0.2) is 58.7 Å². The highest BCUT2D eigenvalue weighted by Crippen LogP contribution is 2.28. The summed E-state index contributed by atoms with van der Waals surface area (Å²) < 4.78 is 1.71. The molecular formula is C12H9N3OS. The Kier molecular flexibility index (Phi) is 2.45. The van der Waals surface area contributed by atoms with Crippen molar-refractivity contribution in [1.29, 1.82) is 0 Å². The van der Waals surface area contributed by atoms with E-state index in [1.807, 2.05) is 30.5 Å². The highest BCUT2D eigenvalue weighted by atomic mass is 32.2. The molecule has 17 heavy (non-hydrogen) atoms. The fraction of sp³-hybridized carbons (Fsp3) is 0. The van der Waals surface area contributed by atoms with Gasteiger partial charge in [0.1, 0.15) is 10.8 Å². The standard InChI is InChI=1S/C12H9N3OS/c16-9-2-1-3-10(8-9)17-12-5-7-15-11(14-12)4-6-13-15/h1-8,16H. The Morgan fingerprint density at radius 2 is 2.12 bits per heavy atom. The number of benzene rings is 1. The number of hydrogen-bond donors (Lipinski definition) is 1. The molecule has 1 N–H and O–H groups in total. The van der Waals surface area contributed by atoms with E-state index in [1.54, 1.807) is 22.8 Å². The third-order valence-corrected chi connectivity index (χ3v) is 3.20. The molecule has 0 aliphatic heterocycles. The van der Waals surface area contributed by atoms with Gasteiger partial charge in [0.15, 0.2) is 5.65 Å². The highest BCUT2D eigenvalue weighted by molar-refractivity contribution is 7.99. The number of aromatic hydroxyl groups is 1. The van der Waals surface area contributed by atoms with Crippen LogP contribution in [0.1, 0.15) is 0 Å². The Labute approximate surface area is 102 Å². The number of phenols is 1. The first-order valence-electron chi connectivity index (χ1n) is 5.08. The van der Waals surface area contributed by atoms with Crippen molar-refractivity contribution in [3.63, 3.8) is 0 Å². The molecule has 2 aromatic heterocycles. The third-order valence-electron chi connectivity index (χ3n) is 2.27. The van der Waals surface area contributed by atoms with E-state index in [4.69, 9.17) is 0 Å². The molecule has 0 saturated heterocycles. The second kappa shape index (κ2) is 4.10. The third kappa shape index (κ3) is 2.09. The molecule has 3 rings (SSSR count). The van der Waals surface area contributed by atoms with Crippen LogP contribution in [0.4, 0.5) is 0 Å². The van der Waals surface area contributed by atoms with Crippen molar-refractivity contribution in [3.05, 3.63) is 48.8 Å². The van der Waals surface area contributed by atoms with Crippen LogP contribution in [-0.2, 0) is 0 Å². The van der Waals surface area contributed by atoms with Crippen molar-refractivity contribution in [1.82, 2.24) is 14.6 Å². The summed E-state index contributed by atoms with van der Waals surface area (Å²) >= 11 is 1.51. The Morgan fingerprint density at radius 3 is 3.00 bits per heavy atom. The molecule has 84 valence electrons. The molecule has 5 heteroatoms. The van der Waals surface area contributed by atoms with E-state index in [1.165, 1.54) is 11.8 Å². The van der Waals surface area contributed by atoms with Gasteiger partial charge in [0.2, 0.25) is 0 Å². The Morgan fingerprint density at radius 1 is 1.18 bits per heavy atom. The summed E-state index contributed by atoms with van der Waals surface area (Å²) in [5.41, 5.74) is 0.815. The van der Waals surface area contributed by atoms with Gasteiger partial charge < -0.3 is 5.11 Å². The lowest BCUT2D eigenvalue weighted by Gasteiger charge is -2.01. The van der Waals surface area contributed by atoms with Crippen LogP contribution < -0.4 is 0 Å². The van der Waals surface area contributed by atoms with Crippen LogP contribution >= 0.6 is 11.8 Å². The van der Waals surface area contributed by atoms with E-state index in [-0.39, 0.29) is 5.75 Å². The van der Waals surface area contributed by atoms with E-state index in [0.717, 1.165) is 15.6 Å². The zero-order valence-electron chi connectivity index (χ0n) is 8.82. The zero-order valence-corrected chi connectivity index (χ0v) is 9.63. The lowest BCUT2D eigenvalue weighted by molar-refractivity contribution is 0.474. The number of fused-ring (bicyclic) bond motifs is 1. The summed E-state index contributed by atoms with van der Waals surface area (Å²) in [6.45, 7) is 0. The van der Waals surface area contributed by atoms with Crippen molar-refractivity contribution >= 4 is 17.4 Å². The average Bonchev–Trinajstić information content (AvgIpc) is 2.76. The summed E-state index contributed by atoms with van der Waals surface area (Å²) in [5, 5.41) is 14.3. The summed E-state index contributed by atoms with van der Waals surface area (Å²) in [6, 6.07) is 10.9. The molecule has 1 aromatic carbocycles. The van der Waals surface area contributed by atoms with Gasteiger partial charge >= 0.3 is 0 Å². The molecule has 3 aromatic rings. The maximum Gasteiger partial charge on any atom is 0.156 e. The molecule has 0 amide bonds. The van der Waals surface area contributed by atoms with Crippen molar-refractivity contribution in [3.8, 4) is 5.75 Å². The van der Waals surface area contributed by atoms with Crippen LogP contribution in [0.25, 0.3) is 5.65 Å². The van der Waals surface area contributed by atoms with Crippen LogP contribution in [0.2, 0.25) is 0 Å². The molecule has 0 unspecified atom stereocenters. The normalized spacial score (nSPS) is 10.8. The molecule has 0 atom stereocenters. The smallest absolute Gasteiger partial charge is 0.156 e. The predicted octanol–water partition coefficient (Wildman–Crippen LogP) is 2.59. The topological polar surface area (TPSA) is 50.4 Å². The SMILES string of the molecule is Oc1cccc(Sc2ccn3nccc3n2)c1. The lowest BCUT2D eigenvalue weighted by Crippen LogP contribution is -1.89. The second-order valence-corrected chi connectivity index (χ2v) is 4.59. The van der Waals surface area contributed by atoms with Crippen LogP contribution in [0.3, 0.4) is 0 Å². The lowest BCUT2D eigenvalue weighted by atomic mass is 10.3. The molecule has 0 spiro atoms. The van der Waals surface area contributed by atoms with Gasteiger partial charge in [0.25, 0.3) is 0 Å². The molecule has 0 radical (unpaired) electrons. The first-order valence-corrected chi connectivity index (χ1v) is 5.90. The number of hydrogen-bond acceptors (Lipinski definition) is 4. The number of phenolic OH excluding ortho intramolecular Hbond substituents is 1. The maximum absolute atomic E-state index is 9.38. The predicted molar refractivity (Wildman–Crippen MR) is 65.2 cm³/mol. The van der Waals surface area contributed by atoms with Gasteiger partial charge in [0.05, 0.1) is 6.20 Å². The summed E-state index contributed by atoms with van der Waals surface area (Å²) in [4.78, 5) is 5.40. The summed E-state index contributed by atoms with van der Waals surface area (Å²) in [5.74, 6) is 0.264. The van der Waals surface area contributed by atoms with Crippen LogP contribution in [0.5, 0.6) is 5.75 Å². The monoisotopic (exact) mass is 243 g/mol. The Bertz CT molecular complexity index is 665. The van der Waals surface area contributed by atoms with Gasteiger partial charge in [-0.15, -0.1) is 0 Å². The zero-order chi connectivity index (χ0) is 11.7. The van der Waals surface area contributed by atoms with Gasteiger partial charge in [0, 0.05) is 17.2 Å². The van der Waals surface area contributed by atoms with Gasteiger partial charge in [-0.05, 0) is 24.3 Å². The number of rotatable bonds is 2. The van der Waals surface area contributed by atoms with Crippen molar-refractivity contribution < 1.29 is 5.11 Å². The number of nitrogens with zero attached hydrogens (tertiary/aromatic N) is 3.